The molecule has 0 fully saturated rings. The monoisotopic (exact) mass is 436 g/mol. The van der Waals surface area contributed by atoms with Crippen molar-refractivity contribution in [3.63, 3.8) is 0 Å². The Kier molecular flexibility index (Phi) is 5.88. The zero-order valence-corrected chi connectivity index (χ0v) is 17.6. The molecule has 0 atom stereocenters. The van der Waals surface area contributed by atoms with Gasteiger partial charge in [-0.3, -0.25) is 14.2 Å². The van der Waals surface area contributed by atoms with E-state index in [0.29, 0.717) is 38.1 Å². The fraction of sp³-hybridized carbons (Fsp3) is 0.0870. The van der Waals surface area contributed by atoms with Gasteiger partial charge in [0.2, 0.25) is 0 Å². The number of thioether (sulfide) groups is 1. The van der Waals surface area contributed by atoms with Crippen molar-refractivity contribution >= 4 is 40.0 Å². The molecule has 0 saturated heterocycles. The van der Waals surface area contributed by atoms with Gasteiger partial charge in [-0.05, 0) is 48.5 Å². The molecule has 0 radical (unpaired) electrons. The minimum absolute atomic E-state index is 0.102. The summed E-state index contributed by atoms with van der Waals surface area (Å²) in [4.78, 5) is 30.6. The summed E-state index contributed by atoms with van der Waals surface area (Å²) in [5.74, 6) is 0.655. The number of hydrogen-bond donors (Lipinski definition) is 0. The number of carbonyl (C=O) groups is 1. The molecule has 0 N–H and O–H groups in total. The smallest absolute Gasteiger partial charge is 0.266 e. The van der Waals surface area contributed by atoms with E-state index in [1.165, 1.54) is 16.3 Å². The van der Waals surface area contributed by atoms with Crippen molar-refractivity contribution in [1.82, 2.24) is 9.55 Å². The van der Waals surface area contributed by atoms with Crippen LogP contribution in [0.1, 0.15) is 10.4 Å². The van der Waals surface area contributed by atoms with Gasteiger partial charge in [0, 0.05) is 5.56 Å². The van der Waals surface area contributed by atoms with Crippen molar-refractivity contribution in [3.05, 3.63) is 93.7 Å². The van der Waals surface area contributed by atoms with Gasteiger partial charge in [-0.1, -0.05) is 47.6 Å². The highest BCUT2D eigenvalue weighted by Crippen LogP contribution is 2.25. The van der Waals surface area contributed by atoms with Crippen molar-refractivity contribution in [2.24, 2.45) is 0 Å². The maximum atomic E-state index is 13.2. The Morgan fingerprint density at radius 2 is 1.73 bits per heavy atom. The number of para-hydroxylation sites is 1. The summed E-state index contributed by atoms with van der Waals surface area (Å²) in [6.07, 6.45) is 0. The summed E-state index contributed by atoms with van der Waals surface area (Å²) in [5.41, 5.74) is 1.48. The number of benzene rings is 3. The molecular weight excluding hydrogens is 420 g/mol. The number of hydrogen-bond acceptors (Lipinski definition) is 5. The molecule has 0 aliphatic carbocycles. The van der Waals surface area contributed by atoms with Gasteiger partial charge in [-0.25, -0.2) is 4.98 Å². The van der Waals surface area contributed by atoms with E-state index in [1.54, 1.807) is 73.8 Å². The standard InChI is InChI=1S/C23H17ClN2O3S/c1-29-16-12-10-15(11-13-16)26-22(28)18-7-3-5-9-20(18)25-23(26)30-14-21(27)17-6-2-4-8-19(17)24/h2-13H,14H2,1H3. The van der Waals surface area contributed by atoms with E-state index in [2.05, 4.69) is 4.98 Å². The highest BCUT2D eigenvalue weighted by Gasteiger charge is 2.16. The molecule has 30 heavy (non-hydrogen) atoms. The molecule has 7 heteroatoms. The minimum atomic E-state index is -0.196. The molecule has 1 heterocycles. The molecule has 0 unspecified atom stereocenters. The topological polar surface area (TPSA) is 61.2 Å². The molecule has 0 aliphatic rings. The molecule has 1 aromatic heterocycles. The number of halogens is 1. The van der Waals surface area contributed by atoms with Gasteiger partial charge < -0.3 is 4.74 Å². The number of carbonyl (C=O) groups excluding carboxylic acids is 1. The predicted octanol–water partition coefficient (Wildman–Crippen LogP) is 5.02. The molecule has 0 spiro atoms. The van der Waals surface area contributed by atoms with Crippen LogP contribution < -0.4 is 10.3 Å². The van der Waals surface area contributed by atoms with Crippen LogP contribution in [0.4, 0.5) is 0 Å². The Morgan fingerprint density at radius 3 is 2.47 bits per heavy atom. The van der Waals surface area contributed by atoms with Crippen LogP contribution in [-0.4, -0.2) is 28.2 Å². The van der Waals surface area contributed by atoms with Crippen LogP contribution in [0, 0.1) is 0 Å². The average molecular weight is 437 g/mol. The van der Waals surface area contributed by atoms with Gasteiger partial charge in [0.15, 0.2) is 10.9 Å². The van der Waals surface area contributed by atoms with Crippen molar-refractivity contribution < 1.29 is 9.53 Å². The third-order valence-corrected chi connectivity index (χ3v) is 5.85. The van der Waals surface area contributed by atoms with Gasteiger partial charge in [-0.15, -0.1) is 0 Å². The van der Waals surface area contributed by atoms with Crippen LogP contribution in [0.2, 0.25) is 5.02 Å². The first-order chi connectivity index (χ1) is 14.6. The molecule has 4 rings (SSSR count). The number of ether oxygens (including phenoxy) is 1. The zero-order chi connectivity index (χ0) is 21.1. The molecule has 0 aliphatic heterocycles. The summed E-state index contributed by atoms with van der Waals surface area (Å²) >= 11 is 7.35. The molecule has 5 nitrogen and oxygen atoms in total. The SMILES string of the molecule is COc1ccc(-n2c(SCC(=O)c3ccccc3Cl)nc3ccccc3c2=O)cc1. The Hall–Kier alpha value is -3.09. The third kappa shape index (κ3) is 3.97. The molecular formula is C23H17ClN2O3S. The first-order valence-corrected chi connectivity index (χ1v) is 10.5. The molecule has 3 aromatic carbocycles. The number of Topliss-reactive ketones (excluding diaryl/α,β-unsaturated/α-hetero) is 1. The third-order valence-electron chi connectivity index (χ3n) is 4.58. The maximum Gasteiger partial charge on any atom is 0.266 e. The number of nitrogens with zero attached hydrogens (tertiary/aromatic N) is 2. The van der Waals surface area contributed by atoms with Crippen molar-refractivity contribution in [2.75, 3.05) is 12.9 Å². The number of fused-ring (bicyclic) bond motifs is 1. The highest BCUT2D eigenvalue weighted by atomic mass is 35.5. The molecule has 4 aromatic rings. The maximum absolute atomic E-state index is 13.2. The second-order valence-electron chi connectivity index (χ2n) is 6.44. The van der Waals surface area contributed by atoms with E-state index >= 15 is 0 Å². The largest absolute Gasteiger partial charge is 0.497 e. The van der Waals surface area contributed by atoms with E-state index in [4.69, 9.17) is 16.3 Å². The van der Waals surface area contributed by atoms with Crippen LogP contribution in [0.15, 0.2) is 82.7 Å². The van der Waals surface area contributed by atoms with Gasteiger partial charge >= 0.3 is 0 Å². The number of ketones is 1. The fourth-order valence-corrected chi connectivity index (χ4v) is 4.20. The van der Waals surface area contributed by atoms with E-state index in [-0.39, 0.29) is 17.1 Å². The summed E-state index contributed by atoms with van der Waals surface area (Å²) in [7, 11) is 1.58. The Balaban J connectivity index is 1.76. The van der Waals surface area contributed by atoms with E-state index in [9.17, 15) is 9.59 Å². The van der Waals surface area contributed by atoms with Gasteiger partial charge in [0.1, 0.15) is 5.75 Å². The zero-order valence-electron chi connectivity index (χ0n) is 16.0. The fourth-order valence-electron chi connectivity index (χ4n) is 3.06. The molecule has 0 amide bonds. The number of aromatic nitrogens is 2. The van der Waals surface area contributed by atoms with Gasteiger partial charge in [0.25, 0.3) is 5.56 Å². The van der Waals surface area contributed by atoms with E-state index < -0.39 is 0 Å². The van der Waals surface area contributed by atoms with Crippen molar-refractivity contribution in [2.45, 2.75) is 5.16 Å². The van der Waals surface area contributed by atoms with Gasteiger partial charge in [-0.2, -0.15) is 0 Å². The molecule has 0 saturated carbocycles. The lowest BCUT2D eigenvalue weighted by Gasteiger charge is -2.13. The molecule has 0 bridgehead atoms. The summed E-state index contributed by atoms with van der Waals surface area (Å²) < 4.78 is 6.73. The first-order valence-electron chi connectivity index (χ1n) is 9.15. The lowest BCUT2D eigenvalue weighted by Crippen LogP contribution is -2.22. The van der Waals surface area contributed by atoms with Crippen LogP contribution in [0.5, 0.6) is 5.75 Å². The van der Waals surface area contributed by atoms with E-state index in [1.807, 2.05) is 6.07 Å². The van der Waals surface area contributed by atoms with Gasteiger partial charge in [0.05, 0.1) is 34.5 Å². The highest BCUT2D eigenvalue weighted by molar-refractivity contribution is 7.99. The van der Waals surface area contributed by atoms with Crippen LogP contribution in [-0.2, 0) is 0 Å². The first kappa shape index (κ1) is 20.2. The second-order valence-corrected chi connectivity index (χ2v) is 7.79. The average Bonchev–Trinajstić information content (AvgIpc) is 2.78. The lowest BCUT2D eigenvalue weighted by molar-refractivity contribution is 0.102. The molecule has 150 valence electrons. The quantitative estimate of drug-likeness (QED) is 0.241. The van der Waals surface area contributed by atoms with Crippen molar-refractivity contribution in [1.29, 1.82) is 0 Å². The number of rotatable bonds is 6. The second kappa shape index (κ2) is 8.73. The summed E-state index contributed by atoms with van der Waals surface area (Å²) in [5, 5.41) is 1.35. The van der Waals surface area contributed by atoms with Crippen molar-refractivity contribution in [3.8, 4) is 11.4 Å². The lowest BCUT2D eigenvalue weighted by atomic mass is 10.1. The Bertz CT molecular complexity index is 1290. The predicted molar refractivity (Wildman–Crippen MR) is 120 cm³/mol. The van der Waals surface area contributed by atoms with Crippen LogP contribution in [0.25, 0.3) is 16.6 Å². The minimum Gasteiger partial charge on any atom is -0.497 e. The normalized spacial score (nSPS) is 10.9. The summed E-state index contributed by atoms with van der Waals surface area (Å²) in [6, 6.07) is 21.2. The van der Waals surface area contributed by atoms with Crippen LogP contribution in [0.3, 0.4) is 0 Å². The van der Waals surface area contributed by atoms with Crippen LogP contribution >= 0.6 is 23.4 Å². The summed E-state index contributed by atoms with van der Waals surface area (Å²) in [6.45, 7) is 0. The van der Waals surface area contributed by atoms with E-state index in [0.717, 1.165) is 0 Å². The number of methoxy groups -OCH3 is 1. The Labute approximate surface area is 182 Å². The Morgan fingerprint density at radius 1 is 1.03 bits per heavy atom.